The summed E-state index contributed by atoms with van der Waals surface area (Å²) in [7, 11) is 1.38. The summed E-state index contributed by atoms with van der Waals surface area (Å²) in [6.07, 6.45) is 1.80. The van der Waals surface area contributed by atoms with Gasteiger partial charge >= 0.3 is 5.91 Å². The number of fused-ring (bicyclic) bond motifs is 1. The number of aromatic nitrogens is 4. The number of nitrogens with zero attached hydrogens (tertiary/aromatic N) is 5. The minimum absolute atomic E-state index is 0.121. The van der Waals surface area contributed by atoms with Gasteiger partial charge < -0.3 is 19.4 Å². The molecule has 2 N–H and O–H groups in total. The first-order valence-corrected chi connectivity index (χ1v) is 14.8. The second kappa shape index (κ2) is 11.2. The molecule has 218 valence electrons. The van der Waals surface area contributed by atoms with Crippen LogP contribution in [0.1, 0.15) is 34.1 Å². The minimum atomic E-state index is -1.12. The number of anilines is 1. The predicted molar refractivity (Wildman–Crippen MR) is 160 cm³/mol. The number of imidazole rings is 1. The summed E-state index contributed by atoms with van der Waals surface area (Å²) in [4.78, 5) is 33.1. The normalized spacial score (nSPS) is 16.4. The van der Waals surface area contributed by atoms with Crippen LogP contribution >= 0.6 is 23.1 Å². The fraction of sp³-hybridized carbons (Fsp3) is 0.167. The Morgan fingerprint density at radius 3 is 2.60 bits per heavy atom. The van der Waals surface area contributed by atoms with Crippen LogP contribution in [0.25, 0.3) is 11.4 Å². The Labute approximate surface area is 253 Å². The van der Waals surface area contributed by atoms with E-state index >= 15 is 0 Å². The first kappa shape index (κ1) is 28.4. The maximum absolute atomic E-state index is 13.6. The summed E-state index contributed by atoms with van der Waals surface area (Å²) in [5, 5.41) is 30.5. The molecule has 1 unspecified atom stereocenters. The van der Waals surface area contributed by atoms with Crippen molar-refractivity contribution in [2.75, 3.05) is 12.0 Å². The molecule has 43 heavy (non-hydrogen) atoms. The predicted octanol–water partition coefficient (Wildman–Crippen LogP) is 5.57. The molecular weight excluding hydrogens is 593 g/mol. The van der Waals surface area contributed by atoms with E-state index in [1.807, 2.05) is 19.1 Å². The number of ether oxygens (including phenoxy) is 1. The standard InChI is InChI=1S/C30H24FN5O5S2/c1-15-5-4-12-35-16(2)23(32-27(15)35)25(38)22-24(18-8-11-20(37)21(13-18)41-3)36(28(40)26(22)39)29-33-34-30(43-29)42-14-17-6-9-19(31)10-7-17/h4-13,24,37-38H,14H2,1-3H3/b25-22+. The second-order valence-electron chi connectivity index (χ2n) is 9.80. The van der Waals surface area contributed by atoms with Crippen LogP contribution < -0.4 is 9.64 Å². The smallest absolute Gasteiger partial charge is 0.301 e. The zero-order valence-corrected chi connectivity index (χ0v) is 24.7. The van der Waals surface area contributed by atoms with Crippen molar-refractivity contribution in [3.8, 4) is 11.5 Å². The van der Waals surface area contributed by atoms with Gasteiger partial charge in [-0.2, -0.15) is 0 Å². The van der Waals surface area contributed by atoms with E-state index in [4.69, 9.17) is 4.74 Å². The maximum atomic E-state index is 13.6. The zero-order valence-electron chi connectivity index (χ0n) is 23.1. The zero-order chi connectivity index (χ0) is 30.4. The number of rotatable bonds is 7. The van der Waals surface area contributed by atoms with E-state index < -0.39 is 23.5 Å². The number of amides is 1. The molecule has 0 aliphatic carbocycles. The van der Waals surface area contributed by atoms with Gasteiger partial charge in [0.15, 0.2) is 21.6 Å². The number of halogens is 1. The molecule has 1 fully saturated rings. The highest BCUT2D eigenvalue weighted by atomic mass is 32.2. The molecule has 5 aromatic rings. The molecule has 1 aliphatic rings. The average molecular weight is 618 g/mol. The van der Waals surface area contributed by atoms with E-state index in [1.54, 1.807) is 35.7 Å². The molecule has 0 saturated carbocycles. The lowest BCUT2D eigenvalue weighted by Gasteiger charge is -2.23. The van der Waals surface area contributed by atoms with Crippen LogP contribution in [0, 0.1) is 19.7 Å². The molecular formula is C30H24FN5O5S2. The summed E-state index contributed by atoms with van der Waals surface area (Å²) < 4.78 is 20.9. The van der Waals surface area contributed by atoms with Crippen LogP contribution in [0.15, 0.2) is 70.7 Å². The van der Waals surface area contributed by atoms with Crippen molar-refractivity contribution in [2.45, 2.75) is 30.0 Å². The third kappa shape index (κ3) is 5.00. The van der Waals surface area contributed by atoms with Crippen molar-refractivity contribution in [3.05, 3.63) is 100 Å². The fourth-order valence-electron chi connectivity index (χ4n) is 4.97. The number of aromatic hydroxyl groups is 1. The van der Waals surface area contributed by atoms with Gasteiger partial charge in [0.2, 0.25) is 5.13 Å². The molecule has 1 aliphatic heterocycles. The third-order valence-electron chi connectivity index (χ3n) is 7.15. The summed E-state index contributed by atoms with van der Waals surface area (Å²) in [5.74, 6) is -2.11. The first-order valence-electron chi connectivity index (χ1n) is 13.0. The van der Waals surface area contributed by atoms with Crippen LogP contribution in [-0.4, -0.2) is 48.6 Å². The number of hydrogen-bond acceptors (Lipinski definition) is 10. The number of Topliss-reactive ketones (excluding diaryl/α,β-unsaturated/α-hetero) is 1. The third-order valence-corrected chi connectivity index (χ3v) is 9.28. The number of aliphatic hydroxyl groups is 1. The largest absolute Gasteiger partial charge is 0.505 e. The fourth-order valence-corrected chi connectivity index (χ4v) is 6.79. The van der Waals surface area contributed by atoms with E-state index in [-0.39, 0.29) is 33.7 Å². The number of aliphatic hydroxyl groups excluding tert-OH is 1. The monoisotopic (exact) mass is 617 g/mol. The highest BCUT2D eigenvalue weighted by molar-refractivity contribution is 8.00. The highest BCUT2D eigenvalue weighted by Crippen LogP contribution is 2.45. The highest BCUT2D eigenvalue weighted by Gasteiger charge is 2.49. The average Bonchev–Trinajstić information content (AvgIpc) is 3.68. The Morgan fingerprint density at radius 2 is 1.88 bits per heavy atom. The Morgan fingerprint density at radius 1 is 1.12 bits per heavy atom. The van der Waals surface area contributed by atoms with Crippen molar-refractivity contribution in [2.24, 2.45) is 0 Å². The molecule has 0 bridgehead atoms. The molecule has 13 heteroatoms. The quantitative estimate of drug-likeness (QED) is 0.0791. The summed E-state index contributed by atoms with van der Waals surface area (Å²) in [5.41, 5.74) is 3.30. The second-order valence-corrected chi connectivity index (χ2v) is 12.0. The molecule has 4 heterocycles. The lowest BCUT2D eigenvalue weighted by Crippen LogP contribution is -2.29. The van der Waals surface area contributed by atoms with Crippen molar-refractivity contribution in [1.29, 1.82) is 0 Å². The van der Waals surface area contributed by atoms with Gasteiger partial charge in [0.1, 0.15) is 17.2 Å². The molecule has 1 amide bonds. The number of pyridine rings is 1. The van der Waals surface area contributed by atoms with E-state index in [2.05, 4.69) is 15.2 Å². The van der Waals surface area contributed by atoms with Crippen molar-refractivity contribution in [3.63, 3.8) is 0 Å². The number of phenols is 1. The Balaban J connectivity index is 1.46. The van der Waals surface area contributed by atoms with E-state index in [0.717, 1.165) is 22.5 Å². The molecule has 10 nitrogen and oxygen atoms in total. The Kier molecular flexibility index (Phi) is 7.36. The summed E-state index contributed by atoms with van der Waals surface area (Å²) in [6.45, 7) is 3.65. The van der Waals surface area contributed by atoms with Gasteiger partial charge in [0.25, 0.3) is 5.78 Å². The van der Waals surface area contributed by atoms with Crippen LogP contribution in [0.5, 0.6) is 11.5 Å². The van der Waals surface area contributed by atoms with Gasteiger partial charge in [-0.3, -0.25) is 14.5 Å². The van der Waals surface area contributed by atoms with Crippen molar-refractivity contribution < 1.29 is 28.9 Å². The van der Waals surface area contributed by atoms with Gasteiger partial charge in [-0.25, -0.2) is 9.37 Å². The molecule has 0 spiro atoms. The number of hydrogen-bond donors (Lipinski definition) is 2. The van der Waals surface area contributed by atoms with Crippen LogP contribution in [-0.2, 0) is 15.3 Å². The molecule has 0 radical (unpaired) electrons. The van der Waals surface area contributed by atoms with Crippen molar-refractivity contribution in [1.82, 2.24) is 19.6 Å². The molecule has 2 aromatic carbocycles. The van der Waals surface area contributed by atoms with Gasteiger partial charge in [-0.05, 0) is 60.9 Å². The number of carbonyl (C=O) groups excluding carboxylic acids is 2. The van der Waals surface area contributed by atoms with Gasteiger partial charge in [-0.15, -0.1) is 10.2 Å². The number of phenolic OH excluding ortho intramolecular Hbond substituents is 1. The van der Waals surface area contributed by atoms with E-state index in [0.29, 0.717) is 27.0 Å². The number of carbonyl (C=O) groups is 2. The number of methoxy groups -OCH3 is 1. The van der Waals surface area contributed by atoms with Gasteiger partial charge in [0, 0.05) is 11.9 Å². The topological polar surface area (TPSA) is 130 Å². The van der Waals surface area contributed by atoms with E-state index in [9.17, 15) is 24.2 Å². The van der Waals surface area contributed by atoms with Crippen LogP contribution in [0.3, 0.4) is 0 Å². The first-order chi connectivity index (χ1) is 20.7. The molecule has 1 saturated heterocycles. The number of benzene rings is 2. The lowest BCUT2D eigenvalue weighted by molar-refractivity contribution is -0.132. The minimum Gasteiger partial charge on any atom is -0.505 e. The molecule has 6 rings (SSSR count). The SMILES string of the molecule is COc1cc(C2/C(=C(\O)c3nc4c(C)cccn4c3C)C(=O)C(=O)N2c2nnc(SCc3ccc(F)cc3)s2)ccc1O. The Bertz CT molecular complexity index is 1940. The van der Waals surface area contributed by atoms with Crippen molar-refractivity contribution >= 4 is 51.3 Å². The van der Waals surface area contributed by atoms with Crippen LogP contribution in [0.2, 0.25) is 0 Å². The summed E-state index contributed by atoms with van der Waals surface area (Å²) in [6, 6.07) is 13.1. The lowest BCUT2D eigenvalue weighted by atomic mass is 9.96. The van der Waals surface area contributed by atoms with E-state index in [1.165, 1.54) is 48.0 Å². The Hall–Kier alpha value is -4.75. The molecule has 1 atom stereocenters. The van der Waals surface area contributed by atoms with Gasteiger partial charge in [0.05, 0.1) is 24.4 Å². The van der Waals surface area contributed by atoms with Gasteiger partial charge in [-0.1, -0.05) is 47.4 Å². The number of aryl methyl sites for hydroxylation is 2. The number of thioether (sulfide) groups is 1. The summed E-state index contributed by atoms with van der Waals surface area (Å²) >= 11 is 2.45. The number of ketones is 1. The molecule has 3 aromatic heterocycles. The maximum Gasteiger partial charge on any atom is 0.301 e. The van der Waals surface area contributed by atoms with Crippen LogP contribution in [0.4, 0.5) is 9.52 Å².